The van der Waals surface area contributed by atoms with Gasteiger partial charge in [0.05, 0.1) is 6.61 Å². The molecule has 0 aromatic heterocycles. The van der Waals surface area contributed by atoms with Crippen LogP contribution in [0.15, 0.2) is 30.3 Å². The van der Waals surface area contributed by atoms with E-state index in [9.17, 15) is 14.4 Å². The summed E-state index contributed by atoms with van der Waals surface area (Å²) in [4.78, 5) is 31.8. The number of ether oxygens (including phenoxy) is 1. The number of aliphatic carboxylic acids is 1. The molecule has 0 aliphatic carbocycles. The summed E-state index contributed by atoms with van der Waals surface area (Å²) in [5, 5.41) is 19.1. The molecule has 2 amide bonds. The molecule has 1 aromatic carbocycles. The molecule has 0 saturated heterocycles. The second-order valence-corrected chi connectivity index (χ2v) is 5.45. The van der Waals surface area contributed by atoms with Crippen molar-refractivity contribution in [3.8, 4) is 0 Å². The fourth-order valence-electron chi connectivity index (χ4n) is 1.24. The SMILES string of the molecule is CC(C)(C)OC(=O)N[C@H](CO)C(=O)O.NC(=O)c1ccccc1. The van der Waals surface area contributed by atoms with Gasteiger partial charge >= 0.3 is 12.1 Å². The Morgan fingerprint density at radius 3 is 2.04 bits per heavy atom. The zero-order valence-corrected chi connectivity index (χ0v) is 13.3. The van der Waals surface area contributed by atoms with Crippen LogP contribution in [0, 0.1) is 0 Å². The molecular weight excluding hydrogens is 304 g/mol. The van der Waals surface area contributed by atoms with Gasteiger partial charge in [0, 0.05) is 5.56 Å². The third-order valence-corrected chi connectivity index (χ3v) is 2.23. The zero-order valence-electron chi connectivity index (χ0n) is 13.3. The molecule has 0 heterocycles. The zero-order chi connectivity index (χ0) is 18.0. The van der Waals surface area contributed by atoms with Crippen LogP contribution in [0.25, 0.3) is 0 Å². The minimum absolute atomic E-state index is 0.379. The van der Waals surface area contributed by atoms with Crippen LogP contribution in [0.1, 0.15) is 31.1 Å². The number of benzene rings is 1. The van der Waals surface area contributed by atoms with Gasteiger partial charge in [0.15, 0.2) is 6.04 Å². The molecule has 128 valence electrons. The maximum Gasteiger partial charge on any atom is 0.408 e. The quantitative estimate of drug-likeness (QED) is 0.643. The van der Waals surface area contributed by atoms with Gasteiger partial charge in [-0.25, -0.2) is 9.59 Å². The Kier molecular flexibility index (Phi) is 8.35. The van der Waals surface area contributed by atoms with E-state index in [4.69, 9.17) is 20.7 Å². The second kappa shape index (κ2) is 9.42. The van der Waals surface area contributed by atoms with Crippen molar-refractivity contribution in [3.63, 3.8) is 0 Å². The molecule has 0 aliphatic rings. The number of primary amides is 1. The van der Waals surface area contributed by atoms with E-state index in [-0.39, 0.29) is 5.91 Å². The van der Waals surface area contributed by atoms with E-state index in [2.05, 4.69) is 0 Å². The van der Waals surface area contributed by atoms with Gasteiger partial charge in [-0.05, 0) is 32.9 Å². The normalized spacial score (nSPS) is 11.5. The molecule has 0 radical (unpaired) electrons. The van der Waals surface area contributed by atoms with E-state index in [0.29, 0.717) is 5.56 Å². The summed E-state index contributed by atoms with van der Waals surface area (Å²) in [5.74, 6) is -1.69. The van der Waals surface area contributed by atoms with Crippen molar-refractivity contribution in [1.82, 2.24) is 5.32 Å². The molecule has 1 atom stereocenters. The average molecular weight is 326 g/mol. The number of carboxylic acids is 1. The molecule has 5 N–H and O–H groups in total. The van der Waals surface area contributed by atoms with E-state index >= 15 is 0 Å². The molecule has 0 bridgehead atoms. The molecule has 0 aliphatic heterocycles. The summed E-state index contributed by atoms with van der Waals surface area (Å²) in [6.45, 7) is 4.29. The number of carbonyl (C=O) groups is 3. The lowest BCUT2D eigenvalue weighted by molar-refractivity contribution is -0.140. The Balaban J connectivity index is 0.000000459. The van der Waals surface area contributed by atoms with Crippen molar-refractivity contribution >= 4 is 18.0 Å². The third-order valence-electron chi connectivity index (χ3n) is 2.23. The van der Waals surface area contributed by atoms with Gasteiger partial charge < -0.3 is 26.0 Å². The molecule has 8 nitrogen and oxygen atoms in total. The highest BCUT2D eigenvalue weighted by atomic mass is 16.6. The number of carbonyl (C=O) groups excluding carboxylic acids is 2. The standard InChI is InChI=1S/C8H15NO5.C7H7NO/c1-8(2,3)14-7(13)9-5(4-10)6(11)12;8-7(9)6-4-2-1-3-5-6/h5,10H,4H2,1-3H3,(H,9,13)(H,11,12);1-5H,(H2,8,9)/t5-;/m1./s1. The first-order chi connectivity index (χ1) is 10.6. The van der Waals surface area contributed by atoms with E-state index in [0.717, 1.165) is 0 Å². The van der Waals surface area contributed by atoms with E-state index in [1.807, 2.05) is 11.4 Å². The van der Waals surface area contributed by atoms with Crippen LogP contribution in [0.2, 0.25) is 0 Å². The summed E-state index contributed by atoms with van der Waals surface area (Å²) in [6.07, 6.45) is -0.862. The van der Waals surface area contributed by atoms with Crippen LogP contribution in [0.5, 0.6) is 0 Å². The molecule has 0 spiro atoms. The number of hydrogen-bond donors (Lipinski definition) is 4. The first-order valence-electron chi connectivity index (χ1n) is 6.75. The highest BCUT2D eigenvalue weighted by molar-refractivity contribution is 5.92. The maximum atomic E-state index is 11.0. The summed E-state index contributed by atoms with van der Waals surface area (Å²) in [6, 6.07) is 7.43. The van der Waals surface area contributed by atoms with Crippen molar-refractivity contribution < 1.29 is 29.3 Å². The minimum atomic E-state index is -1.33. The van der Waals surface area contributed by atoms with Gasteiger partial charge in [0.1, 0.15) is 5.60 Å². The van der Waals surface area contributed by atoms with Gasteiger partial charge in [-0.1, -0.05) is 18.2 Å². The smallest absolute Gasteiger partial charge is 0.408 e. The minimum Gasteiger partial charge on any atom is -0.480 e. The number of nitrogens with two attached hydrogens (primary N) is 1. The van der Waals surface area contributed by atoms with Crippen molar-refractivity contribution in [3.05, 3.63) is 35.9 Å². The fourth-order valence-corrected chi connectivity index (χ4v) is 1.24. The predicted molar refractivity (Wildman–Crippen MR) is 82.8 cm³/mol. The monoisotopic (exact) mass is 326 g/mol. The maximum absolute atomic E-state index is 11.0. The van der Waals surface area contributed by atoms with Crippen LogP contribution < -0.4 is 11.1 Å². The van der Waals surface area contributed by atoms with E-state index in [1.54, 1.807) is 45.0 Å². The number of aliphatic hydroxyl groups is 1. The van der Waals surface area contributed by atoms with Gasteiger partial charge in [0.25, 0.3) is 0 Å². The fraction of sp³-hybridized carbons (Fsp3) is 0.400. The number of alkyl carbamates (subject to hydrolysis) is 1. The summed E-state index contributed by atoms with van der Waals surface area (Å²) >= 11 is 0. The van der Waals surface area contributed by atoms with Gasteiger partial charge in [-0.2, -0.15) is 0 Å². The number of hydrogen-bond acceptors (Lipinski definition) is 5. The van der Waals surface area contributed by atoms with Gasteiger partial charge in [-0.3, -0.25) is 4.79 Å². The van der Waals surface area contributed by atoms with Crippen molar-refractivity contribution in [2.24, 2.45) is 5.73 Å². The largest absolute Gasteiger partial charge is 0.480 e. The molecule has 23 heavy (non-hydrogen) atoms. The molecular formula is C15H22N2O6. The Bertz CT molecular complexity index is 525. The Morgan fingerprint density at radius 2 is 1.74 bits per heavy atom. The van der Waals surface area contributed by atoms with Crippen LogP contribution >= 0.6 is 0 Å². The van der Waals surface area contributed by atoms with E-state index < -0.39 is 30.3 Å². The van der Waals surface area contributed by atoms with Crippen molar-refractivity contribution in [2.75, 3.05) is 6.61 Å². The van der Waals surface area contributed by atoms with Crippen molar-refractivity contribution in [2.45, 2.75) is 32.4 Å². The van der Waals surface area contributed by atoms with Crippen LogP contribution in [0.4, 0.5) is 4.79 Å². The third kappa shape index (κ3) is 9.86. The Hall–Kier alpha value is -2.61. The second-order valence-electron chi connectivity index (χ2n) is 5.45. The van der Waals surface area contributed by atoms with Gasteiger partial charge in [0.2, 0.25) is 5.91 Å². The lowest BCUT2D eigenvalue weighted by atomic mass is 10.2. The average Bonchev–Trinajstić information content (AvgIpc) is 2.44. The number of amides is 2. The van der Waals surface area contributed by atoms with Gasteiger partial charge in [-0.15, -0.1) is 0 Å². The first-order valence-corrected chi connectivity index (χ1v) is 6.75. The lowest BCUT2D eigenvalue weighted by Crippen LogP contribution is -2.45. The summed E-state index contributed by atoms with van der Waals surface area (Å²) < 4.78 is 4.80. The molecule has 0 unspecified atom stereocenters. The number of rotatable bonds is 4. The highest BCUT2D eigenvalue weighted by Gasteiger charge is 2.22. The summed E-state index contributed by atoms with van der Waals surface area (Å²) in [5.41, 5.74) is 4.84. The molecule has 8 heteroatoms. The predicted octanol–water partition coefficient (Wildman–Crippen LogP) is 0.742. The number of nitrogens with one attached hydrogen (secondary N) is 1. The Labute approximate surface area is 134 Å². The molecule has 1 aromatic rings. The summed E-state index contributed by atoms with van der Waals surface area (Å²) in [7, 11) is 0. The van der Waals surface area contributed by atoms with Crippen LogP contribution in [-0.4, -0.2) is 46.4 Å². The van der Waals surface area contributed by atoms with Crippen molar-refractivity contribution in [1.29, 1.82) is 0 Å². The number of carboxylic acid groups (broad SMARTS) is 1. The van der Waals surface area contributed by atoms with Crippen LogP contribution in [-0.2, 0) is 9.53 Å². The lowest BCUT2D eigenvalue weighted by Gasteiger charge is -2.21. The van der Waals surface area contributed by atoms with Crippen LogP contribution in [0.3, 0.4) is 0 Å². The van der Waals surface area contributed by atoms with E-state index in [1.165, 1.54) is 0 Å². The highest BCUT2D eigenvalue weighted by Crippen LogP contribution is 2.06. The first kappa shape index (κ1) is 20.4. The topological polar surface area (TPSA) is 139 Å². The molecule has 0 saturated carbocycles. The molecule has 1 rings (SSSR count). The molecule has 0 fully saturated rings. The Morgan fingerprint density at radius 1 is 1.22 bits per heavy atom. The number of aliphatic hydroxyl groups excluding tert-OH is 1.